The number of thiazole rings is 1. The van der Waals surface area contributed by atoms with Gasteiger partial charge in [-0.05, 0) is 49.1 Å². The van der Waals surface area contributed by atoms with E-state index < -0.39 is 12.0 Å². The Morgan fingerprint density at radius 3 is 2.96 bits per heavy atom. The summed E-state index contributed by atoms with van der Waals surface area (Å²) in [6.07, 6.45) is 4.31. The van der Waals surface area contributed by atoms with Crippen molar-refractivity contribution in [3.8, 4) is 0 Å². The third-order valence-electron chi connectivity index (χ3n) is 4.74. The van der Waals surface area contributed by atoms with Gasteiger partial charge in [-0.25, -0.2) is 9.78 Å². The molecule has 5 nitrogen and oxygen atoms in total. The first-order valence-corrected chi connectivity index (χ1v) is 9.55. The van der Waals surface area contributed by atoms with Crippen LogP contribution in [0, 0.1) is 0 Å². The second-order valence-electron chi connectivity index (χ2n) is 6.46. The Kier molecular flexibility index (Phi) is 5.81. The van der Waals surface area contributed by atoms with E-state index in [1.54, 1.807) is 5.51 Å². The van der Waals surface area contributed by atoms with E-state index in [1.807, 2.05) is 17.5 Å². The van der Waals surface area contributed by atoms with Gasteiger partial charge in [0.2, 0.25) is 5.91 Å². The van der Waals surface area contributed by atoms with Crippen molar-refractivity contribution in [1.82, 2.24) is 10.3 Å². The first-order valence-electron chi connectivity index (χ1n) is 8.60. The molecule has 132 valence electrons. The van der Waals surface area contributed by atoms with Crippen LogP contribution in [0.3, 0.4) is 0 Å². The summed E-state index contributed by atoms with van der Waals surface area (Å²) in [6.45, 7) is 0. The number of nitrogens with one attached hydrogen (secondary N) is 1. The van der Waals surface area contributed by atoms with E-state index in [1.165, 1.54) is 22.5 Å². The van der Waals surface area contributed by atoms with E-state index in [4.69, 9.17) is 0 Å². The van der Waals surface area contributed by atoms with E-state index >= 15 is 0 Å². The minimum Gasteiger partial charge on any atom is -0.480 e. The Bertz CT molecular complexity index is 730. The standard InChI is InChI=1S/C19H22N2O3S/c22-18(9-8-15-11-25-12-20-15)21-17(19(23)24)10-14-6-3-5-13-4-1-2-7-16(13)14/h1-2,4,7,11-12,14,17H,3,5-6,8-10H2,(H,21,22)(H,23,24). The maximum absolute atomic E-state index is 12.1. The van der Waals surface area contributed by atoms with Crippen molar-refractivity contribution in [2.75, 3.05) is 0 Å². The summed E-state index contributed by atoms with van der Waals surface area (Å²) < 4.78 is 0. The van der Waals surface area contributed by atoms with Gasteiger partial charge in [-0.2, -0.15) is 0 Å². The first kappa shape index (κ1) is 17.6. The van der Waals surface area contributed by atoms with E-state index in [0.717, 1.165) is 25.0 Å². The lowest BCUT2D eigenvalue weighted by atomic mass is 9.79. The van der Waals surface area contributed by atoms with E-state index in [0.29, 0.717) is 12.8 Å². The Morgan fingerprint density at radius 2 is 2.20 bits per heavy atom. The maximum atomic E-state index is 12.1. The largest absolute Gasteiger partial charge is 0.480 e. The molecule has 3 rings (SSSR count). The van der Waals surface area contributed by atoms with Crippen molar-refractivity contribution in [1.29, 1.82) is 0 Å². The van der Waals surface area contributed by atoms with Gasteiger partial charge in [0.1, 0.15) is 6.04 Å². The molecule has 0 saturated heterocycles. The van der Waals surface area contributed by atoms with Gasteiger partial charge in [-0.3, -0.25) is 4.79 Å². The van der Waals surface area contributed by atoms with Crippen LogP contribution in [0.1, 0.15) is 48.4 Å². The van der Waals surface area contributed by atoms with Crippen molar-refractivity contribution < 1.29 is 14.7 Å². The molecule has 0 saturated carbocycles. The summed E-state index contributed by atoms with van der Waals surface area (Å²) in [5.41, 5.74) is 5.14. The molecule has 0 radical (unpaired) electrons. The molecule has 1 amide bonds. The zero-order valence-corrected chi connectivity index (χ0v) is 14.8. The quantitative estimate of drug-likeness (QED) is 0.797. The maximum Gasteiger partial charge on any atom is 0.326 e. The summed E-state index contributed by atoms with van der Waals surface area (Å²) in [4.78, 5) is 27.9. The Morgan fingerprint density at radius 1 is 1.36 bits per heavy atom. The summed E-state index contributed by atoms with van der Waals surface area (Å²) in [5.74, 6) is -1.01. The molecule has 0 fully saturated rings. The van der Waals surface area contributed by atoms with Crippen LogP contribution in [0.25, 0.3) is 0 Å². The number of carbonyl (C=O) groups excluding carboxylic acids is 1. The second kappa shape index (κ2) is 8.25. The van der Waals surface area contributed by atoms with Crippen LogP contribution in [-0.4, -0.2) is 28.0 Å². The highest BCUT2D eigenvalue weighted by Crippen LogP contribution is 2.34. The predicted molar refractivity (Wildman–Crippen MR) is 96.7 cm³/mol. The van der Waals surface area contributed by atoms with Crippen molar-refractivity contribution in [3.05, 3.63) is 52.0 Å². The highest BCUT2D eigenvalue weighted by molar-refractivity contribution is 7.07. The summed E-state index contributed by atoms with van der Waals surface area (Å²) in [6, 6.07) is 7.38. The molecule has 2 N–H and O–H groups in total. The molecular weight excluding hydrogens is 336 g/mol. The smallest absolute Gasteiger partial charge is 0.326 e. The minimum atomic E-state index is -0.968. The predicted octanol–water partition coefficient (Wildman–Crippen LogP) is 3.16. The third kappa shape index (κ3) is 4.66. The number of carbonyl (C=O) groups is 2. The van der Waals surface area contributed by atoms with Crippen LogP contribution in [0.2, 0.25) is 0 Å². The van der Waals surface area contributed by atoms with Gasteiger partial charge in [0, 0.05) is 11.8 Å². The number of rotatable bonds is 7. The van der Waals surface area contributed by atoms with Gasteiger partial charge in [-0.15, -0.1) is 11.3 Å². The number of aryl methyl sites for hydroxylation is 2. The summed E-state index contributed by atoms with van der Waals surface area (Å²) in [7, 11) is 0. The van der Waals surface area contributed by atoms with Crippen LogP contribution in [-0.2, 0) is 22.4 Å². The molecular formula is C19H22N2O3S. The molecule has 1 heterocycles. The van der Waals surface area contributed by atoms with E-state index in [-0.39, 0.29) is 18.2 Å². The van der Waals surface area contributed by atoms with E-state index in [9.17, 15) is 14.7 Å². The Labute approximate surface area is 151 Å². The van der Waals surface area contributed by atoms with Crippen LogP contribution in [0.15, 0.2) is 35.2 Å². The number of aromatic nitrogens is 1. The average molecular weight is 358 g/mol. The van der Waals surface area contributed by atoms with Crippen LogP contribution in [0.5, 0.6) is 0 Å². The van der Waals surface area contributed by atoms with E-state index in [2.05, 4.69) is 22.4 Å². The van der Waals surface area contributed by atoms with Gasteiger partial charge >= 0.3 is 5.97 Å². The summed E-state index contributed by atoms with van der Waals surface area (Å²) >= 11 is 1.49. The zero-order valence-electron chi connectivity index (χ0n) is 14.0. The number of carboxylic acid groups (broad SMARTS) is 1. The normalized spacial score (nSPS) is 17.5. The Balaban J connectivity index is 1.60. The topological polar surface area (TPSA) is 79.3 Å². The molecule has 1 aliphatic rings. The Hall–Kier alpha value is -2.21. The fourth-order valence-electron chi connectivity index (χ4n) is 3.47. The molecule has 1 aromatic carbocycles. The van der Waals surface area contributed by atoms with Gasteiger partial charge in [0.05, 0.1) is 11.2 Å². The molecule has 25 heavy (non-hydrogen) atoms. The number of aliphatic carboxylic acids is 1. The molecule has 0 bridgehead atoms. The number of hydrogen-bond donors (Lipinski definition) is 2. The molecule has 1 aliphatic carbocycles. The van der Waals surface area contributed by atoms with Crippen molar-refractivity contribution in [2.45, 2.75) is 50.5 Å². The number of fused-ring (bicyclic) bond motifs is 1. The van der Waals surface area contributed by atoms with Crippen molar-refractivity contribution >= 4 is 23.2 Å². The minimum absolute atomic E-state index is 0.185. The van der Waals surface area contributed by atoms with Gasteiger partial charge in [0.15, 0.2) is 0 Å². The summed E-state index contributed by atoms with van der Waals surface area (Å²) in [5, 5.41) is 14.1. The molecule has 2 atom stereocenters. The van der Waals surface area contributed by atoms with Gasteiger partial charge in [-0.1, -0.05) is 24.3 Å². The first-order chi connectivity index (χ1) is 12.1. The third-order valence-corrected chi connectivity index (χ3v) is 5.37. The molecule has 2 aromatic rings. The lowest BCUT2D eigenvalue weighted by Gasteiger charge is -2.28. The van der Waals surface area contributed by atoms with Crippen LogP contribution in [0.4, 0.5) is 0 Å². The van der Waals surface area contributed by atoms with Gasteiger partial charge < -0.3 is 10.4 Å². The lowest BCUT2D eigenvalue weighted by Crippen LogP contribution is -2.42. The molecule has 6 heteroatoms. The van der Waals surface area contributed by atoms with Gasteiger partial charge in [0.25, 0.3) is 0 Å². The van der Waals surface area contributed by atoms with Crippen LogP contribution < -0.4 is 5.32 Å². The molecule has 0 aliphatic heterocycles. The highest BCUT2D eigenvalue weighted by Gasteiger charge is 2.28. The number of benzene rings is 1. The fraction of sp³-hybridized carbons (Fsp3) is 0.421. The number of amides is 1. The lowest BCUT2D eigenvalue weighted by molar-refractivity contribution is -0.142. The molecule has 1 aromatic heterocycles. The fourth-order valence-corrected chi connectivity index (χ4v) is 4.07. The zero-order chi connectivity index (χ0) is 17.6. The number of carboxylic acids is 1. The monoisotopic (exact) mass is 358 g/mol. The van der Waals surface area contributed by atoms with Crippen molar-refractivity contribution in [2.24, 2.45) is 0 Å². The van der Waals surface area contributed by atoms with Crippen molar-refractivity contribution in [3.63, 3.8) is 0 Å². The molecule has 0 spiro atoms. The SMILES string of the molecule is O=C(CCc1cscn1)NC(CC1CCCc2ccccc21)C(=O)O. The van der Waals surface area contributed by atoms with Crippen LogP contribution >= 0.6 is 11.3 Å². The highest BCUT2D eigenvalue weighted by atomic mass is 32.1. The number of hydrogen-bond acceptors (Lipinski definition) is 4. The second-order valence-corrected chi connectivity index (χ2v) is 7.18. The number of nitrogens with zero attached hydrogens (tertiary/aromatic N) is 1. The average Bonchev–Trinajstić information content (AvgIpc) is 3.13. The molecule has 2 unspecified atom stereocenters.